The average Bonchev–Trinajstić information content (AvgIpc) is 2.84. The van der Waals surface area contributed by atoms with Gasteiger partial charge >= 0.3 is 5.97 Å². The number of anilines is 1. The summed E-state index contributed by atoms with van der Waals surface area (Å²) in [6, 6.07) is 7.73. The highest BCUT2D eigenvalue weighted by molar-refractivity contribution is 5.99. The van der Waals surface area contributed by atoms with E-state index in [1.54, 1.807) is 6.20 Å². The van der Waals surface area contributed by atoms with Crippen molar-refractivity contribution in [2.45, 2.75) is 26.0 Å². The number of aromatic nitrogens is 1. The Hall–Kier alpha value is -2.76. The van der Waals surface area contributed by atoms with Crippen molar-refractivity contribution >= 4 is 11.8 Å². The number of hydrogen-bond acceptors (Lipinski definition) is 6. The summed E-state index contributed by atoms with van der Waals surface area (Å²) in [6.45, 7) is 5.50. The van der Waals surface area contributed by atoms with Gasteiger partial charge in [0.05, 0.1) is 0 Å². The SMILES string of the molecule is CN(Cc1ccc2c(c1)OCCO2)c1nccc2c1C(=O)OC2(C)C. The summed E-state index contributed by atoms with van der Waals surface area (Å²) in [5.74, 6) is 1.82. The van der Waals surface area contributed by atoms with Crippen LogP contribution < -0.4 is 14.4 Å². The molecule has 3 heterocycles. The number of cyclic esters (lactones) is 1. The zero-order chi connectivity index (χ0) is 17.6. The van der Waals surface area contributed by atoms with E-state index in [1.807, 2.05) is 50.1 Å². The smallest absolute Gasteiger partial charge is 0.343 e. The van der Waals surface area contributed by atoms with Gasteiger partial charge in [-0.3, -0.25) is 0 Å². The summed E-state index contributed by atoms with van der Waals surface area (Å²) in [6.07, 6.45) is 1.72. The van der Waals surface area contributed by atoms with Gasteiger partial charge in [0.15, 0.2) is 11.5 Å². The number of hydrogen-bond donors (Lipinski definition) is 0. The van der Waals surface area contributed by atoms with E-state index in [2.05, 4.69) is 4.98 Å². The molecule has 0 unspecified atom stereocenters. The third-order valence-electron chi connectivity index (χ3n) is 4.52. The fourth-order valence-corrected chi connectivity index (χ4v) is 3.32. The summed E-state index contributed by atoms with van der Waals surface area (Å²) in [5.41, 5.74) is 1.85. The van der Waals surface area contributed by atoms with Crippen LogP contribution in [0.25, 0.3) is 0 Å². The summed E-state index contributed by atoms with van der Waals surface area (Å²) in [7, 11) is 1.91. The zero-order valence-corrected chi connectivity index (χ0v) is 14.5. The minimum absolute atomic E-state index is 0.322. The number of ether oxygens (including phenoxy) is 3. The van der Waals surface area contributed by atoms with E-state index in [9.17, 15) is 4.79 Å². The van der Waals surface area contributed by atoms with Crippen molar-refractivity contribution in [3.8, 4) is 11.5 Å². The summed E-state index contributed by atoms with van der Waals surface area (Å²) in [5, 5.41) is 0. The first-order chi connectivity index (χ1) is 12.0. The second kappa shape index (κ2) is 5.65. The zero-order valence-electron chi connectivity index (χ0n) is 14.5. The Labute approximate surface area is 146 Å². The second-order valence-electron chi connectivity index (χ2n) is 6.79. The van der Waals surface area contributed by atoms with Crippen LogP contribution >= 0.6 is 0 Å². The summed E-state index contributed by atoms with van der Waals surface area (Å²) >= 11 is 0. The normalized spacial score (nSPS) is 17.0. The first-order valence-corrected chi connectivity index (χ1v) is 8.28. The molecule has 0 amide bonds. The van der Waals surface area contributed by atoms with E-state index in [4.69, 9.17) is 14.2 Å². The van der Waals surface area contributed by atoms with Gasteiger partial charge < -0.3 is 19.1 Å². The Balaban J connectivity index is 1.64. The molecule has 2 aliphatic heterocycles. The number of benzene rings is 1. The van der Waals surface area contributed by atoms with Gasteiger partial charge in [0.2, 0.25) is 0 Å². The van der Waals surface area contributed by atoms with Crippen LogP contribution in [0.15, 0.2) is 30.5 Å². The minimum atomic E-state index is -0.623. The fraction of sp³-hybridized carbons (Fsp3) is 0.368. The molecule has 0 saturated carbocycles. The molecule has 2 aliphatic rings. The van der Waals surface area contributed by atoms with Crippen molar-refractivity contribution in [2.75, 3.05) is 25.2 Å². The molecule has 0 N–H and O–H groups in total. The number of pyridine rings is 1. The van der Waals surface area contributed by atoms with Gasteiger partial charge in [0.1, 0.15) is 30.2 Å². The van der Waals surface area contributed by atoms with Crippen molar-refractivity contribution in [1.82, 2.24) is 4.98 Å². The van der Waals surface area contributed by atoms with E-state index >= 15 is 0 Å². The lowest BCUT2D eigenvalue weighted by molar-refractivity contribution is 0.00956. The van der Waals surface area contributed by atoms with Crippen molar-refractivity contribution in [1.29, 1.82) is 0 Å². The molecule has 0 aliphatic carbocycles. The molecule has 4 rings (SSSR count). The fourth-order valence-electron chi connectivity index (χ4n) is 3.32. The van der Waals surface area contributed by atoms with E-state index in [-0.39, 0.29) is 5.97 Å². The van der Waals surface area contributed by atoms with E-state index < -0.39 is 5.60 Å². The Kier molecular flexibility index (Phi) is 3.56. The lowest BCUT2D eigenvalue weighted by atomic mass is 9.97. The molecule has 0 spiro atoms. The third-order valence-corrected chi connectivity index (χ3v) is 4.52. The molecule has 6 heteroatoms. The van der Waals surface area contributed by atoms with Gasteiger partial charge in [-0.2, -0.15) is 0 Å². The number of fused-ring (bicyclic) bond motifs is 2. The monoisotopic (exact) mass is 340 g/mol. The largest absolute Gasteiger partial charge is 0.486 e. The van der Waals surface area contributed by atoms with Crippen LogP contribution in [0, 0.1) is 0 Å². The predicted octanol–water partition coefficient (Wildman–Crippen LogP) is 2.89. The van der Waals surface area contributed by atoms with E-state index in [0.717, 1.165) is 22.6 Å². The van der Waals surface area contributed by atoms with Crippen LogP contribution in [0.4, 0.5) is 5.82 Å². The molecule has 1 aromatic carbocycles. The van der Waals surface area contributed by atoms with Gasteiger partial charge in [0.25, 0.3) is 0 Å². The molecule has 130 valence electrons. The lowest BCUT2D eigenvalue weighted by Crippen LogP contribution is -2.21. The number of esters is 1. The Morgan fingerprint density at radius 3 is 2.72 bits per heavy atom. The van der Waals surface area contributed by atoms with Crippen LogP contribution in [0.3, 0.4) is 0 Å². The average molecular weight is 340 g/mol. The van der Waals surface area contributed by atoms with Crippen molar-refractivity contribution in [3.63, 3.8) is 0 Å². The topological polar surface area (TPSA) is 60.9 Å². The number of rotatable bonds is 3. The Bertz CT molecular complexity index is 847. The lowest BCUT2D eigenvalue weighted by Gasteiger charge is -2.23. The number of carbonyl (C=O) groups excluding carboxylic acids is 1. The van der Waals surface area contributed by atoms with Gasteiger partial charge in [-0.1, -0.05) is 6.07 Å². The van der Waals surface area contributed by atoms with Crippen molar-refractivity contribution < 1.29 is 19.0 Å². The van der Waals surface area contributed by atoms with Gasteiger partial charge in [0, 0.05) is 25.4 Å². The summed E-state index contributed by atoms with van der Waals surface area (Å²) in [4.78, 5) is 18.7. The van der Waals surface area contributed by atoms with Crippen LogP contribution in [0.5, 0.6) is 11.5 Å². The summed E-state index contributed by atoms with van der Waals surface area (Å²) < 4.78 is 16.7. The van der Waals surface area contributed by atoms with Crippen LogP contribution in [0.1, 0.15) is 35.3 Å². The third kappa shape index (κ3) is 2.67. The van der Waals surface area contributed by atoms with Crippen LogP contribution in [-0.2, 0) is 16.9 Å². The Morgan fingerprint density at radius 1 is 1.16 bits per heavy atom. The number of nitrogens with zero attached hydrogens (tertiary/aromatic N) is 2. The maximum atomic E-state index is 12.3. The predicted molar refractivity (Wildman–Crippen MR) is 92.2 cm³/mol. The molecule has 1 aromatic heterocycles. The molecule has 0 saturated heterocycles. The quantitative estimate of drug-likeness (QED) is 0.801. The maximum absolute atomic E-state index is 12.3. The van der Waals surface area contributed by atoms with Gasteiger partial charge in [-0.05, 0) is 37.6 Å². The van der Waals surface area contributed by atoms with Crippen molar-refractivity contribution in [2.24, 2.45) is 0 Å². The number of carbonyl (C=O) groups is 1. The molecule has 0 atom stereocenters. The van der Waals surface area contributed by atoms with Crippen molar-refractivity contribution in [3.05, 3.63) is 47.2 Å². The highest BCUT2D eigenvalue weighted by Gasteiger charge is 2.40. The molecular weight excluding hydrogens is 320 g/mol. The highest BCUT2D eigenvalue weighted by Crippen LogP contribution is 2.39. The van der Waals surface area contributed by atoms with E-state index in [1.165, 1.54) is 0 Å². The molecular formula is C19H20N2O4. The molecule has 25 heavy (non-hydrogen) atoms. The second-order valence-corrected chi connectivity index (χ2v) is 6.79. The van der Waals surface area contributed by atoms with Gasteiger partial charge in [-0.25, -0.2) is 9.78 Å². The van der Waals surface area contributed by atoms with Crippen LogP contribution in [-0.4, -0.2) is 31.2 Å². The standard InChI is InChI=1S/C19H20N2O4/c1-19(2)13-6-7-20-17(16(13)18(22)25-19)21(3)11-12-4-5-14-15(10-12)24-9-8-23-14/h4-7,10H,8-9,11H2,1-3H3. The molecule has 2 aromatic rings. The minimum Gasteiger partial charge on any atom is -0.486 e. The van der Waals surface area contributed by atoms with E-state index in [0.29, 0.717) is 31.1 Å². The molecule has 0 bridgehead atoms. The molecule has 6 nitrogen and oxygen atoms in total. The Morgan fingerprint density at radius 2 is 1.92 bits per heavy atom. The first-order valence-electron chi connectivity index (χ1n) is 8.28. The van der Waals surface area contributed by atoms with Crippen LogP contribution in [0.2, 0.25) is 0 Å². The highest BCUT2D eigenvalue weighted by atomic mass is 16.6. The first kappa shape index (κ1) is 15.7. The molecule has 0 fully saturated rings. The maximum Gasteiger partial charge on any atom is 0.343 e. The molecule has 0 radical (unpaired) electrons. The van der Waals surface area contributed by atoms with Gasteiger partial charge in [-0.15, -0.1) is 0 Å².